The van der Waals surface area contributed by atoms with Crippen molar-refractivity contribution in [2.45, 2.75) is 13.8 Å². The van der Waals surface area contributed by atoms with Crippen LogP contribution in [0.3, 0.4) is 0 Å². The molecular formula is C20H21FN6O2. The van der Waals surface area contributed by atoms with Crippen molar-refractivity contribution >= 4 is 23.2 Å². The lowest BCUT2D eigenvalue weighted by Crippen LogP contribution is -2.47. The van der Waals surface area contributed by atoms with E-state index in [0.717, 1.165) is 31.9 Å². The number of hydrogen-bond acceptors (Lipinski definition) is 7. The van der Waals surface area contributed by atoms with Gasteiger partial charge in [0.1, 0.15) is 28.9 Å². The number of nitrogens with one attached hydrogen (secondary N) is 1. The van der Waals surface area contributed by atoms with Gasteiger partial charge in [-0.25, -0.2) is 14.4 Å². The SMILES string of the molecule is Cc1nc(C(=O)Nc2cc(C)on2)cc(N2CCN(c3ccc(F)cc3)CC2)n1. The fourth-order valence-corrected chi connectivity index (χ4v) is 3.28. The predicted octanol–water partition coefficient (Wildman–Crippen LogP) is 2.80. The van der Waals surface area contributed by atoms with Gasteiger partial charge >= 0.3 is 0 Å². The number of rotatable bonds is 4. The molecule has 150 valence electrons. The van der Waals surface area contributed by atoms with Crippen molar-refractivity contribution < 1.29 is 13.7 Å². The number of benzene rings is 1. The normalized spacial score (nSPS) is 14.2. The van der Waals surface area contributed by atoms with Crippen LogP contribution in [0, 0.1) is 19.7 Å². The minimum absolute atomic E-state index is 0.240. The fourth-order valence-electron chi connectivity index (χ4n) is 3.28. The van der Waals surface area contributed by atoms with Gasteiger partial charge in [-0.05, 0) is 38.1 Å². The van der Waals surface area contributed by atoms with Crippen LogP contribution in [0.5, 0.6) is 0 Å². The molecule has 1 fully saturated rings. The maximum absolute atomic E-state index is 13.1. The number of amides is 1. The van der Waals surface area contributed by atoms with Crippen LogP contribution in [0.1, 0.15) is 22.1 Å². The molecule has 3 aromatic rings. The van der Waals surface area contributed by atoms with E-state index in [4.69, 9.17) is 4.52 Å². The minimum Gasteiger partial charge on any atom is -0.368 e. The number of carbonyl (C=O) groups excluding carboxylic acids is 1. The number of piperazine rings is 1. The highest BCUT2D eigenvalue weighted by Crippen LogP contribution is 2.21. The highest BCUT2D eigenvalue weighted by molar-refractivity contribution is 6.02. The molecule has 0 bridgehead atoms. The molecule has 9 heteroatoms. The summed E-state index contributed by atoms with van der Waals surface area (Å²) in [6, 6.07) is 9.83. The van der Waals surface area contributed by atoms with Crippen molar-refractivity contribution in [2.24, 2.45) is 0 Å². The van der Waals surface area contributed by atoms with E-state index in [1.165, 1.54) is 12.1 Å². The van der Waals surface area contributed by atoms with Crippen LogP contribution in [0.4, 0.5) is 21.7 Å². The van der Waals surface area contributed by atoms with Crippen molar-refractivity contribution in [3.63, 3.8) is 0 Å². The van der Waals surface area contributed by atoms with E-state index >= 15 is 0 Å². The molecule has 1 amide bonds. The summed E-state index contributed by atoms with van der Waals surface area (Å²) in [5.41, 5.74) is 1.27. The Balaban J connectivity index is 1.45. The highest BCUT2D eigenvalue weighted by Gasteiger charge is 2.21. The Kier molecular flexibility index (Phi) is 5.11. The van der Waals surface area contributed by atoms with Gasteiger partial charge in [0.25, 0.3) is 5.91 Å². The third-order valence-electron chi connectivity index (χ3n) is 4.72. The first-order valence-electron chi connectivity index (χ1n) is 9.34. The Morgan fingerprint density at radius 2 is 1.72 bits per heavy atom. The average molecular weight is 396 g/mol. The molecule has 8 nitrogen and oxygen atoms in total. The van der Waals surface area contributed by atoms with Gasteiger partial charge in [0.05, 0.1) is 0 Å². The second-order valence-electron chi connectivity index (χ2n) is 6.89. The number of aryl methyl sites for hydroxylation is 2. The molecule has 1 aliphatic heterocycles. The second-order valence-corrected chi connectivity index (χ2v) is 6.89. The first kappa shape index (κ1) is 18.9. The minimum atomic E-state index is -0.366. The Morgan fingerprint density at radius 1 is 1.03 bits per heavy atom. The van der Waals surface area contributed by atoms with E-state index in [9.17, 15) is 9.18 Å². The van der Waals surface area contributed by atoms with Crippen LogP contribution in [-0.4, -0.2) is 47.2 Å². The predicted molar refractivity (Wildman–Crippen MR) is 107 cm³/mol. The van der Waals surface area contributed by atoms with Crippen molar-refractivity contribution in [3.8, 4) is 0 Å². The Hall–Kier alpha value is -3.49. The summed E-state index contributed by atoms with van der Waals surface area (Å²) in [6.45, 7) is 6.52. The van der Waals surface area contributed by atoms with E-state index in [1.807, 2.05) is 0 Å². The fraction of sp³-hybridized carbons (Fsp3) is 0.300. The first-order chi connectivity index (χ1) is 14.0. The molecule has 0 unspecified atom stereocenters. The number of anilines is 3. The van der Waals surface area contributed by atoms with Crippen LogP contribution in [0.15, 0.2) is 40.9 Å². The van der Waals surface area contributed by atoms with Gasteiger partial charge < -0.3 is 19.6 Å². The molecule has 1 N–H and O–H groups in total. The van der Waals surface area contributed by atoms with E-state index in [-0.39, 0.29) is 17.4 Å². The largest absolute Gasteiger partial charge is 0.368 e. The standard InChI is InChI=1S/C20H21FN6O2/c1-13-11-18(25-29-13)24-20(28)17-12-19(23-14(2)22-17)27-9-7-26(8-10-27)16-5-3-15(21)4-6-16/h3-6,11-12H,7-10H2,1-2H3,(H,24,25,28). The molecular weight excluding hydrogens is 375 g/mol. The summed E-state index contributed by atoms with van der Waals surface area (Å²) in [7, 11) is 0. The monoisotopic (exact) mass is 396 g/mol. The number of carbonyl (C=O) groups is 1. The van der Waals surface area contributed by atoms with Gasteiger partial charge in [-0.2, -0.15) is 0 Å². The zero-order chi connectivity index (χ0) is 20.4. The molecule has 1 aromatic carbocycles. The molecule has 2 aromatic heterocycles. The number of aromatic nitrogens is 3. The molecule has 0 aliphatic carbocycles. The quantitative estimate of drug-likeness (QED) is 0.726. The number of hydrogen-bond donors (Lipinski definition) is 1. The Labute approximate surface area is 167 Å². The van der Waals surface area contributed by atoms with E-state index in [1.54, 1.807) is 38.1 Å². The van der Waals surface area contributed by atoms with Crippen LogP contribution >= 0.6 is 0 Å². The van der Waals surface area contributed by atoms with Gasteiger partial charge in [0, 0.05) is 44.0 Å². The van der Waals surface area contributed by atoms with Crippen molar-refractivity contribution in [3.05, 3.63) is 59.5 Å². The Morgan fingerprint density at radius 3 is 2.38 bits per heavy atom. The van der Waals surface area contributed by atoms with Gasteiger partial charge in [0.2, 0.25) is 0 Å². The third kappa shape index (κ3) is 4.34. The zero-order valence-electron chi connectivity index (χ0n) is 16.2. The molecule has 0 saturated carbocycles. The molecule has 29 heavy (non-hydrogen) atoms. The summed E-state index contributed by atoms with van der Waals surface area (Å²) in [4.78, 5) is 25.6. The van der Waals surface area contributed by atoms with Crippen LogP contribution in [0.25, 0.3) is 0 Å². The lowest BCUT2D eigenvalue weighted by Gasteiger charge is -2.36. The molecule has 0 radical (unpaired) electrons. The molecule has 0 atom stereocenters. The maximum atomic E-state index is 13.1. The van der Waals surface area contributed by atoms with E-state index in [2.05, 4.69) is 30.2 Å². The summed E-state index contributed by atoms with van der Waals surface area (Å²) < 4.78 is 18.1. The molecule has 0 spiro atoms. The zero-order valence-corrected chi connectivity index (χ0v) is 16.2. The van der Waals surface area contributed by atoms with Crippen LogP contribution in [0.2, 0.25) is 0 Å². The third-order valence-corrected chi connectivity index (χ3v) is 4.72. The molecule has 1 aliphatic rings. The van der Waals surface area contributed by atoms with Gasteiger partial charge in [-0.15, -0.1) is 0 Å². The number of halogens is 1. The number of nitrogens with zero attached hydrogens (tertiary/aromatic N) is 5. The first-order valence-corrected chi connectivity index (χ1v) is 9.34. The molecule has 1 saturated heterocycles. The summed E-state index contributed by atoms with van der Waals surface area (Å²) in [5.74, 6) is 1.57. The van der Waals surface area contributed by atoms with E-state index < -0.39 is 0 Å². The summed E-state index contributed by atoms with van der Waals surface area (Å²) in [5, 5.41) is 6.45. The van der Waals surface area contributed by atoms with Gasteiger partial charge in [-0.1, -0.05) is 5.16 Å². The van der Waals surface area contributed by atoms with Crippen molar-refractivity contribution in [2.75, 3.05) is 41.3 Å². The summed E-state index contributed by atoms with van der Waals surface area (Å²) >= 11 is 0. The smallest absolute Gasteiger partial charge is 0.275 e. The topological polar surface area (TPSA) is 87.4 Å². The lowest BCUT2D eigenvalue weighted by molar-refractivity contribution is 0.102. The molecule has 4 rings (SSSR count). The molecule has 3 heterocycles. The lowest BCUT2D eigenvalue weighted by atomic mass is 10.2. The van der Waals surface area contributed by atoms with Crippen molar-refractivity contribution in [1.82, 2.24) is 15.1 Å². The maximum Gasteiger partial charge on any atom is 0.275 e. The van der Waals surface area contributed by atoms with Gasteiger partial charge in [-0.3, -0.25) is 4.79 Å². The highest BCUT2D eigenvalue weighted by atomic mass is 19.1. The average Bonchev–Trinajstić information content (AvgIpc) is 3.13. The Bertz CT molecular complexity index is 1010. The van der Waals surface area contributed by atoms with Crippen LogP contribution < -0.4 is 15.1 Å². The van der Waals surface area contributed by atoms with Crippen LogP contribution in [-0.2, 0) is 0 Å². The van der Waals surface area contributed by atoms with Gasteiger partial charge in [0.15, 0.2) is 5.82 Å². The van der Waals surface area contributed by atoms with Crippen molar-refractivity contribution in [1.29, 1.82) is 0 Å². The second kappa shape index (κ2) is 7.86. The van der Waals surface area contributed by atoms with E-state index in [0.29, 0.717) is 23.2 Å². The summed E-state index contributed by atoms with van der Waals surface area (Å²) in [6.07, 6.45) is 0.